The summed E-state index contributed by atoms with van der Waals surface area (Å²) in [5, 5.41) is 18.0. The molecule has 0 aliphatic heterocycles. The van der Waals surface area contributed by atoms with Crippen LogP contribution in [0.5, 0.6) is 0 Å². The van der Waals surface area contributed by atoms with Crippen LogP contribution in [-0.4, -0.2) is 22.1 Å². The molecule has 0 aromatic heterocycles. The van der Waals surface area contributed by atoms with Gasteiger partial charge in [-0.3, -0.25) is 0 Å². The molecule has 1 aromatic carbocycles. The minimum absolute atomic E-state index is 0.0805. The van der Waals surface area contributed by atoms with Gasteiger partial charge in [-0.1, -0.05) is 30.3 Å². The molecule has 0 saturated carbocycles. The summed E-state index contributed by atoms with van der Waals surface area (Å²) >= 11 is 0. The molecular formula is C9H10N2O4. The maximum atomic E-state index is 10.7. The van der Waals surface area contributed by atoms with Crippen LogP contribution in [0.1, 0.15) is 5.56 Å². The number of nitrogens with zero attached hydrogens (tertiary/aromatic N) is 1. The molecule has 1 rings (SSSR count). The summed E-state index contributed by atoms with van der Waals surface area (Å²) in [7, 11) is 0. The predicted octanol–water partition coefficient (Wildman–Crippen LogP) is 0.464. The number of rotatable bonds is 5. The first-order valence-electron chi connectivity index (χ1n) is 4.27. The van der Waals surface area contributed by atoms with E-state index in [4.69, 9.17) is 5.11 Å². The third-order valence-electron chi connectivity index (χ3n) is 1.84. The molecule has 1 aromatic rings. The molecule has 0 aliphatic carbocycles. The molecule has 1 atom stereocenters. The van der Waals surface area contributed by atoms with E-state index in [0.717, 1.165) is 5.56 Å². The lowest BCUT2D eigenvalue weighted by Gasteiger charge is -2.08. The number of carboxylic acid groups (broad SMARTS) is 1. The summed E-state index contributed by atoms with van der Waals surface area (Å²) in [6.07, 6.45) is 0.0805. The van der Waals surface area contributed by atoms with Gasteiger partial charge in [-0.25, -0.2) is 14.9 Å². The van der Waals surface area contributed by atoms with Gasteiger partial charge in [-0.05, 0) is 5.56 Å². The third-order valence-corrected chi connectivity index (χ3v) is 1.84. The molecule has 15 heavy (non-hydrogen) atoms. The number of hydrogen-bond acceptors (Lipinski definition) is 3. The number of nitro groups is 1. The van der Waals surface area contributed by atoms with Gasteiger partial charge in [0.25, 0.3) is 0 Å². The van der Waals surface area contributed by atoms with Crippen molar-refractivity contribution in [1.82, 2.24) is 5.43 Å². The molecule has 0 aliphatic rings. The molecule has 0 heterocycles. The van der Waals surface area contributed by atoms with Gasteiger partial charge >= 0.3 is 5.97 Å². The van der Waals surface area contributed by atoms with Crippen LogP contribution >= 0.6 is 0 Å². The van der Waals surface area contributed by atoms with Gasteiger partial charge in [-0.15, -0.1) is 5.43 Å². The Morgan fingerprint density at radius 3 is 2.53 bits per heavy atom. The minimum atomic E-state index is -1.24. The maximum Gasteiger partial charge on any atom is 0.332 e. The van der Waals surface area contributed by atoms with Gasteiger partial charge in [-0.2, -0.15) is 0 Å². The Labute approximate surface area is 85.7 Å². The van der Waals surface area contributed by atoms with Crippen molar-refractivity contribution in [2.75, 3.05) is 0 Å². The smallest absolute Gasteiger partial charge is 0.332 e. The van der Waals surface area contributed by atoms with Crippen LogP contribution in [0, 0.1) is 10.1 Å². The summed E-state index contributed by atoms with van der Waals surface area (Å²) in [5.74, 6) is -1.24. The highest BCUT2D eigenvalue weighted by Gasteiger charge is 2.22. The molecule has 0 bridgehead atoms. The van der Waals surface area contributed by atoms with Crippen molar-refractivity contribution < 1.29 is 14.9 Å². The first kappa shape index (κ1) is 11.0. The second kappa shape index (κ2) is 4.94. The highest BCUT2D eigenvalue weighted by molar-refractivity contribution is 5.73. The fourth-order valence-corrected chi connectivity index (χ4v) is 1.17. The quantitative estimate of drug-likeness (QED) is 0.544. The summed E-state index contributed by atoms with van der Waals surface area (Å²) in [6.45, 7) is 0. The number of nitrogens with one attached hydrogen (secondary N) is 1. The van der Waals surface area contributed by atoms with Crippen LogP contribution in [0.2, 0.25) is 0 Å². The van der Waals surface area contributed by atoms with E-state index < -0.39 is 17.0 Å². The van der Waals surface area contributed by atoms with E-state index in [1.807, 2.05) is 0 Å². The first-order valence-corrected chi connectivity index (χ1v) is 4.27. The summed E-state index contributed by atoms with van der Waals surface area (Å²) in [6, 6.07) is 7.53. The van der Waals surface area contributed by atoms with Crippen molar-refractivity contribution >= 4 is 5.97 Å². The van der Waals surface area contributed by atoms with Gasteiger partial charge in [0.05, 0.1) is 0 Å². The fourth-order valence-electron chi connectivity index (χ4n) is 1.17. The van der Waals surface area contributed by atoms with E-state index in [0.29, 0.717) is 0 Å². The highest BCUT2D eigenvalue weighted by Crippen LogP contribution is 2.03. The molecule has 0 amide bonds. The lowest BCUT2D eigenvalue weighted by molar-refractivity contribution is -0.548. The number of aliphatic carboxylic acids is 1. The average Bonchev–Trinajstić information content (AvgIpc) is 2.17. The van der Waals surface area contributed by atoms with Gasteiger partial charge in [0.1, 0.15) is 0 Å². The van der Waals surface area contributed by atoms with Crippen molar-refractivity contribution in [3.63, 3.8) is 0 Å². The second-order valence-electron chi connectivity index (χ2n) is 2.97. The maximum absolute atomic E-state index is 10.7. The fraction of sp³-hybridized carbons (Fsp3) is 0.222. The molecule has 0 spiro atoms. The zero-order valence-electron chi connectivity index (χ0n) is 7.79. The molecular weight excluding hydrogens is 200 g/mol. The van der Waals surface area contributed by atoms with E-state index in [2.05, 4.69) is 0 Å². The Bertz CT molecular complexity index is 352. The minimum Gasteiger partial charge on any atom is -0.480 e. The molecule has 6 heteroatoms. The standard InChI is InChI=1S/C9H10N2O4/c12-9(13)8(10-11(14)15)6-7-4-2-1-3-5-7/h1-5,8,10H,6H2,(H,12,13)/t8-/m1/s1. The van der Waals surface area contributed by atoms with Crippen LogP contribution in [0.15, 0.2) is 30.3 Å². The van der Waals surface area contributed by atoms with E-state index in [9.17, 15) is 14.9 Å². The van der Waals surface area contributed by atoms with Gasteiger partial charge in [0.15, 0.2) is 11.1 Å². The Kier molecular flexibility index (Phi) is 3.61. The van der Waals surface area contributed by atoms with Gasteiger partial charge in [0.2, 0.25) is 0 Å². The van der Waals surface area contributed by atoms with Crippen molar-refractivity contribution in [1.29, 1.82) is 0 Å². The monoisotopic (exact) mass is 210 g/mol. The largest absolute Gasteiger partial charge is 0.480 e. The molecule has 0 fully saturated rings. The topological polar surface area (TPSA) is 92.5 Å². The van der Waals surface area contributed by atoms with E-state index in [-0.39, 0.29) is 6.42 Å². The third kappa shape index (κ3) is 3.63. The Balaban J connectivity index is 2.67. The van der Waals surface area contributed by atoms with Gasteiger partial charge < -0.3 is 5.11 Å². The first-order chi connectivity index (χ1) is 7.09. The van der Waals surface area contributed by atoms with E-state index in [1.165, 1.54) is 0 Å². The van der Waals surface area contributed by atoms with Crippen LogP contribution in [-0.2, 0) is 11.2 Å². The second-order valence-corrected chi connectivity index (χ2v) is 2.97. The van der Waals surface area contributed by atoms with E-state index in [1.54, 1.807) is 35.8 Å². The Morgan fingerprint density at radius 1 is 1.47 bits per heavy atom. The highest BCUT2D eigenvalue weighted by atomic mass is 16.7. The number of benzene rings is 1. The van der Waals surface area contributed by atoms with Crippen LogP contribution in [0.3, 0.4) is 0 Å². The molecule has 80 valence electrons. The van der Waals surface area contributed by atoms with Crippen molar-refractivity contribution in [3.05, 3.63) is 46.0 Å². The van der Waals surface area contributed by atoms with Crippen LogP contribution in [0.4, 0.5) is 0 Å². The van der Waals surface area contributed by atoms with Crippen LogP contribution in [0.25, 0.3) is 0 Å². The van der Waals surface area contributed by atoms with Crippen LogP contribution < -0.4 is 5.43 Å². The van der Waals surface area contributed by atoms with Crippen molar-refractivity contribution in [2.24, 2.45) is 0 Å². The number of hydrogen-bond donors (Lipinski definition) is 2. The molecule has 0 radical (unpaired) electrons. The van der Waals surface area contributed by atoms with Gasteiger partial charge in [0, 0.05) is 6.42 Å². The number of carboxylic acids is 1. The number of hydrazine groups is 1. The Hall–Kier alpha value is -2.11. The summed E-state index contributed by atoms with van der Waals surface area (Å²) in [4.78, 5) is 20.8. The summed E-state index contributed by atoms with van der Waals surface area (Å²) in [5.41, 5.74) is 2.49. The normalized spacial score (nSPS) is 11.7. The number of carbonyl (C=O) groups is 1. The lowest BCUT2D eigenvalue weighted by atomic mass is 10.1. The summed E-state index contributed by atoms with van der Waals surface area (Å²) < 4.78 is 0. The van der Waals surface area contributed by atoms with Crippen molar-refractivity contribution in [3.8, 4) is 0 Å². The lowest BCUT2D eigenvalue weighted by Crippen LogP contribution is -2.41. The van der Waals surface area contributed by atoms with Crippen molar-refractivity contribution in [2.45, 2.75) is 12.5 Å². The molecule has 0 unspecified atom stereocenters. The SMILES string of the molecule is O=C(O)[C@@H](Cc1ccccc1)N[N+](=O)[O-]. The molecule has 6 nitrogen and oxygen atoms in total. The van der Waals surface area contributed by atoms with E-state index >= 15 is 0 Å². The predicted molar refractivity (Wildman–Crippen MR) is 51.7 cm³/mol. The Morgan fingerprint density at radius 2 is 2.07 bits per heavy atom. The average molecular weight is 210 g/mol. The molecule has 0 saturated heterocycles. The zero-order chi connectivity index (χ0) is 11.3. The zero-order valence-corrected chi connectivity index (χ0v) is 7.79. The molecule has 2 N–H and O–H groups in total.